The second kappa shape index (κ2) is 8.15. The quantitative estimate of drug-likeness (QED) is 0.271. The number of furan rings is 1. The van der Waals surface area contributed by atoms with Crippen molar-refractivity contribution in [1.82, 2.24) is 4.98 Å². The maximum Gasteiger partial charge on any atom is 0.227 e. The Balaban J connectivity index is 1.79. The molecule has 0 N–H and O–H groups in total. The van der Waals surface area contributed by atoms with Gasteiger partial charge in [0.15, 0.2) is 11.8 Å². The summed E-state index contributed by atoms with van der Waals surface area (Å²) < 4.78 is 8.68. The van der Waals surface area contributed by atoms with Crippen molar-refractivity contribution in [2.75, 3.05) is 0 Å². The van der Waals surface area contributed by atoms with Crippen molar-refractivity contribution in [3.05, 3.63) is 83.7 Å². The van der Waals surface area contributed by atoms with Gasteiger partial charge in [-0.2, -0.15) is 0 Å². The fourth-order valence-corrected chi connectivity index (χ4v) is 4.65. The molecule has 3 heterocycles. The minimum Gasteiger partial charge on any atom is -0.437 e. The highest BCUT2D eigenvalue weighted by molar-refractivity contribution is 6.09. The first-order valence-corrected chi connectivity index (χ1v) is 11.8. The van der Waals surface area contributed by atoms with Crippen molar-refractivity contribution >= 4 is 22.1 Å². The number of pyridine rings is 2. The molecule has 0 spiro atoms. The van der Waals surface area contributed by atoms with Gasteiger partial charge in [0.25, 0.3) is 0 Å². The highest BCUT2D eigenvalue weighted by Gasteiger charge is 2.25. The normalized spacial score (nSPS) is 11.9. The van der Waals surface area contributed by atoms with E-state index in [1.165, 1.54) is 22.3 Å². The lowest BCUT2D eigenvalue weighted by molar-refractivity contribution is -0.659. The predicted octanol–water partition coefficient (Wildman–Crippen LogP) is 7.69. The first kappa shape index (κ1) is 21.4. The molecule has 0 aliphatic carbocycles. The van der Waals surface area contributed by atoms with Crippen LogP contribution in [0.15, 0.2) is 71.3 Å². The molecule has 0 aliphatic rings. The molecule has 5 aromatic rings. The van der Waals surface area contributed by atoms with E-state index in [-0.39, 0.29) is 0 Å². The van der Waals surface area contributed by atoms with Crippen molar-refractivity contribution in [3.63, 3.8) is 0 Å². The van der Waals surface area contributed by atoms with Gasteiger partial charge in [0.1, 0.15) is 7.05 Å². The van der Waals surface area contributed by atoms with Crippen LogP contribution >= 0.6 is 0 Å². The summed E-state index contributed by atoms with van der Waals surface area (Å²) in [4.78, 5) is 4.83. The van der Waals surface area contributed by atoms with Gasteiger partial charge < -0.3 is 4.42 Å². The first-order chi connectivity index (χ1) is 15.8. The van der Waals surface area contributed by atoms with E-state index in [1.54, 1.807) is 0 Å². The molecule has 0 saturated carbocycles. The van der Waals surface area contributed by atoms with Crippen molar-refractivity contribution < 1.29 is 8.98 Å². The van der Waals surface area contributed by atoms with Gasteiger partial charge in [0.2, 0.25) is 11.4 Å². The molecule has 5 rings (SSSR count). The summed E-state index contributed by atoms with van der Waals surface area (Å²) in [5.41, 5.74) is 9.89. The highest BCUT2D eigenvalue weighted by Crippen LogP contribution is 2.40. The number of fused-ring (bicyclic) bond motifs is 3. The third-order valence-electron chi connectivity index (χ3n) is 6.63. The van der Waals surface area contributed by atoms with Gasteiger partial charge in [-0.15, -0.1) is 0 Å². The van der Waals surface area contributed by atoms with Gasteiger partial charge in [0.05, 0.1) is 11.1 Å². The standard InChI is InChI=1S/C30H31N2O/c1-18(2)21-10-12-22(13-11-21)23-8-7-17-32(6)28(23)27-20(5)9-14-24-25-15-16-26(19(3)4)31-30(25)33-29(24)27/h7-19H,1-6H3/q+1. The maximum atomic E-state index is 6.48. The average Bonchev–Trinajstić information content (AvgIpc) is 3.17. The molecule has 0 bridgehead atoms. The summed E-state index contributed by atoms with van der Waals surface area (Å²) in [6, 6.07) is 21.9. The second-order valence-corrected chi connectivity index (χ2v) is 9.64. The van der Waals surface area contributed by atoms with E-state index in [9.17, 15) is 0 Å². The minimum absolute atomic E-state index is 0.358. The molecule has 2 aromatic carbocycles. The van der Waals surface area contributed by atoms with E-state index in [2.05, 4.69) is 113 Å². The molecule has 0 aliphatic heterocycles. The van der Waals surface area contributed by atoms with E-state index < -0.39 is 0 Å². The van der Waals surface area contributed by atoms with Gasteiger partial charge in [-0.3, -0.25) is 0 Å². The van der Waals surface area contributed by atoms with Crippen LogP contribution in [0.2, 0.25) is 0 Å². The Bertz CT molecular complexity index is 1470. The van der Waals surface area contributed by atoms with Crippen LogP contribution in [0.4, 0.5) is 0 Å². The van der Waals surface area contributed by atoms with Crippen LogP contribution in [-0.4, -0.2) is 4.98 Å². The van der Waals surface area contributed by atoms with Gasteiger partial charge >= 0.3 is 0 Å². The van der Waals surface area contributed by atoms with E-state index in [0.29, 0.717) is 17.5 Å². The smallest absolute Gasteiger partial charge is 0.227 e. The molecule has 0 fully saturated rings. The molecule has 0 saturated heterocycles. The Kier molecular flexibility index (Phi) is 5.28. The van der Waals surface area contributed by atoms with Crippen molar-refractivity contribution in [1.29, 1.82) is 0 Å². The summed E-state index contributed by atoms with van der Waals surface area (Å²) in [6.45, 7) is 10.9. The average molecular weight is 436 g/mol. The summed E-state index contributed by atoms with van der Waals surface area (Å²) in [6.07, 6.45) is 2.11. The number of rotatable bonds is 4. The summed E-state index contributed by atoms with van der Waals surface area (Å²) >= 11 is 0. The number of nitrogens with zero attached hydrogens (tertiary/aromatic N) is 2. The molecule has 0 radical (unpaired) electrons. The highest BCUT2D eigenvalue weighted by atomic mass is 16.3. The minimum atomic E-state index is 0.358. The van der Waals surface area contributed by atoms with Crippen LogP contribution < -0.4 is 4.57 Å². The zero-order chi connectivity index (χ0) is 23.3. The number of hydrogen-bond acceptors (Lipinski definition) is 2. The Morgan fingerprint density at radius 1 is 0.818 bits per heavy atom. The predicted molar refractivity (Wildman–Crippen MR) is 136 cm³/mol. The molecule has 33 heavy (non-hydrogen) atoms. The molecular weight excluding hydrogens is 404 g/mol. The Morgan fingerprint density at radius 2 is 1.55 bits per heavy atom. The van der Waals surface area contributed by atoms with Crippen molar-refractivity contribution in [2.24, 2.45) is 7.05 Å². The van der Waals surface area contributed by atoms with Crippen LogP contribution in [0.1, 0.15) is 56.4 Å². The first-order valence-electron chi connectivity index (χ1n) is 11.8. The topological polar surface area (TPSA) is 29.9 Å². The lowest BCUT2D eigenvalue weighted by Gasteiger charge is -2.12. The molecule has 3 heteroatoms. The molecule has 3 aromatic heterocycles. The Hall–Kier alpha value is -3.46. The number of hydrogen-bond donors (Lipinski definition) is 0. The number of aromatic nitrogens is 2. The maximum absolute atomic E-state index is 6.48. The van der Waals surface area contributed by atoms with Crippen molar-refractivity contribution in [2.45, 2.75) is 46.5 Å². The van der Waals surface area contributed by atoms with Crippen molar-refractivity contribution in [3.8, 4) is 22.4 Å². The van der Waals surface area contributed by atoms with Crippen LogP contribution in [0.3, 0.4) is 0 Å². The SMILES string of the molecule is Cc1ccc2c(oc3nc(C(C)C)ccc32)c1-c1c(-c2ccc(C(C)C)cc2)ccc[n+]1C. The number of benzene rings is 2. The molecular formula is C30H31N2O+. The van der Waals surface area contributed by atoms with Gasteiger partial charge in [0, 0.05) is 22.5 Å². The van der Waals surface area contributed by atoms with Crippen LogP contribution in [0, 0.1) is 6.92 Å². The lowest BCUT2D eigenvalue weighted by Crippen LogP contribution is -2.31. The molecule has 0 amide bonds. The lowest BCUT2D eigenvalue weighted by atomic mass is 9.93. The molecule has 0 atom stereocenters. The monoisotopic (exact) mass is 435 g/mol. The van der Waals surface area contributed by atoms with E-state index in [0.717, 1.165) is 33.3 Å². The summed E-state index contributed by atoms with van der Waals surface area (Å²) in [5.74, 6) is 0.872. The van der Waals surface area contributed by atoms with Crippen LogP contribution in [0.5, 0.6) is 0 Å². The van der Waals surface area contributed by atoms with Crippen LogP contribution in [-0.2, 0) is 7.05 Å². The van der Waals surface area contributed by atoms with Gasteiger partial charge in [-0.25, -0.2) is 9.55 Å². The zero-order valence-electron chi connectivity index (χ0n) is 20.3. The molecule has 166 valence electrons. The molecule has 3 nitrogen and oxygen atoms in total. The van der Waals surface area contributed by atoms with Crippen LogP contribution in [0.25, 0.3) is 44.5 Å². The summed E-state index contributed by atoms with van der Waals surface area (Å²) in [5, 5.41) is 2.18. The van der Waals surface area contributed by atoms with E-state index in [4.69, 9.17) is 9.40 Å². The van der Waals surface area contributed by atoms with E-state index >= 15 is 0 Å². The Labute approximate surface area is 195 Å². The third kappa shape index (κ3) is 3.62. The van der Waals surface area contributed by atoms with Gasteiger partial charge in [-0.05, 0) is 53.6 Å². The second-order valence-electron chi connectivity index (χ2n) is 9.64. The largest absolute Gasteiger partial charge is 0.437 e. The zero-order valence-corrected chi connectivity index (χ0v) is 20.3. The Morgan fingerprint density at radius 3 is 2.24 bits per heavy atom. The number of aryl methyl sites for hydroxylation is 2. The van der Waals surface area contributed by atoms with E-state index in [1.807, 2.05) is 0 Å². The third-order valence-corrected chi connectivity index (χ3v) is 6.63. The fraction of sp³-hybridized carbons (Fsp3) is 0.267. The molecule has 0 unspecified atom stereocenters. The fourth-order valence-electron chi connectivity index (χ4n) is 4.65. The van der Waals surface area contributed by atoms with Gasteiger partial charge in [-0.1, -0.05) is 64.1 Å². The summed E-state index contributed by atoms with van der Waals surface area (Å²) in [7, 11) is 2.11.